The molecule has 0 radical (unpaired) electrons. The van der Waals surface area contributed by atoms with Crippen LogP contribution in [0, 0.1) is 22.7 Å². The molecule has 3 fully saturated rings. The molecule has 5 aliphatic rings. The van der Waals surface area contributed by atoms with Crippen LogP contribution in [0.2, 0.25) is 0 Å². The van der Waals surface area contributed by atoms with Crippen molar-refractivity contribution in [3.8, 4) is 5.75 Å². The molecule has 2 aromatic carbocycles. The molecule has 1 aliphatic heterocycles. The van der Waals surface area contributed by atoms with Crippen molar-refractivity contribution >= 4 is 17.5 Å². The van der Waals surface area contributed by atoms with Crippen LogP contribution >= 0.6 is 0 Å². The molecule has 1 saturated heterocycles. The molecule has 11 atom stereocenters. The number of nitrogen functional groups attached to an aromatic ring is 1. The van der Waals surface area contributed by atoms with Gasteiger partial charge in [-0.3, -0.25) is 14.9 Å². The maximum absolute atomic E-state index is 14.5. The standard InChI is InChI=1S/C40H54N2O8/c1-37-15-5-17-39(3,29(37)13-9-22-7-11-24(41)19-26(22)37)35(47)42-36(48)40(4)18-6-16-38(2)27-20-25(12-8-23(27)10-14-30(38)40)49-34-33(46)32(45)31(44)28(21-43)50-34/h7-8,11-12,19-20,28-34,43-46H,5-6,9-10,13-18,21,41H2,1-4H3,(H,42,47,48)/t28-,29-,30-,31-,32+,33-,34-,37-,38-,39+,40+/m1/s1. The average molecular weight is 691 g/mol. The van der Waals surface area contributed by atoms with Crippen LogP contribution in [0.1, 0.15) is 101 Å². The van der Waals surface area contributed by atoms with E-state index >= 15 is 0 Å². The first-order chi connectivity index (χ1) is 23.7. The van der Waals surface area contributed by atoms with Gasteiger partial charge in [0.05, 0.1) is 17.4 Å². The van der Waals surface area contributed by atoms with Gasteiger partial charge in [0.1, 0.15) is 30.2 Å². The highest BCUT2D eigenvalue weighted by molar-refractivity contribution is 6.00. The number of imide groups is 1. The molecular weight excluding hydrogens is 636 g/mol. The summed E-state index contributed by atoms with van der Waals surface area (Å²) in [6.45, 7) is 8.05. The summed E-state index contributed by atoms with van der Waals surface area (Å²) >= 11 is 0. The van der Waals surface area contributed by atoms with Gasteiger partial charge in [-0.05, 0) is 121 Å². The molecule has 0 spiro atoms. The second-order valence-electron chi connectivity index (χ2n) is 16.9. The van der Waals surface area contributed by atoms with E-state index in [1.807, 2.05) is 25.1 Å². The Labute approximate surface area is 294 Å². The Bertz CT molecular complexity index is 1660. The number of fused-ring (bicyclic) bond motifs is 6. The topological polar surface area (TPSA) is 172 Å². The van der Waals surface area contributed by atoms with Crippen LogP contribution in [0.25, 0.3) is 0 Å². The molecule has 2 aromatic rings. The van der Waals surface area contributed by atoms with Crippen molar-refractivity contribution in [3.63, 3.8) is 0 Å². The minimum Gasteiger partial charge on any atom is -0.462 e. The normalized spacial score (nSPS) is 40.8. The highest BCUT2D eigenvalue weighted by atomic mass is 16.7. The van der Waals surface area contributed by atoms with Gasteiger partial charge in [-0.15, -0.1) is 0 Å². The summed E-state index contributed by atoms with van der Waals surface area (Å²) in [6.07, 6.45) is 1.49. The predicted octanol–water partition coefficient (Wildman–Crippen LogP) is 3.81. The third kappa shape index (κ3) is 5.40. The van der Waals surface area contributed by atoms with E-state index in [2.05, 4.69) is 38.2 Å². The first-order valence-electron chi connectivity index (χ1n) is 18.5. The van der Waals surface area contributed by atoms with E-state index < -0.39 is 48.1 Å². The van der Waals surface area contributed by atoms with Crippen molar-refractivity contribution < 1.29 is 39.5 Å². The van der Waals surface area contributed by atoms with E-state index in [1.54, 1.807) is 6.07 Å². The largest absolute Gasteiger partial charge is 0.462 e. The quantitative estimate of drug-likeness (QED) is 0.202. The summed E-state index contributed by atoms with van der Waals surface area (Å²) in [4.78, 5) is 28.9. The van der Waals surface area contributed by atoms with E-state index in [0.29, 0.717) is 12.2 Å². The Balaban J connectivity index is 1.12. The van der Waals surface area contributed by atoms with E-state index in [0.717, 1.165) is 74.6 Å². The van der Waals surface area contributed by atoms with E-state index in [-0.39, 0.29) is 34.5 Å². The van der Waals surface area contributed by atoms with Gasteiger partial charge in [0, 0.05) is 5.69 Å². The minimum absolute atomic E-state index is 0.0273. The van der Waals surface area contributed by atoms with Gasteiger partial charge in [0.25, 0.3) is 0 Å². The zero-order valence-corrected chi connectivity index (χ0v) is 29.8. The lowest BCUT2D eigenvalue weighted by molar-refractivity contribution is -0.277. The van der Waals surface area contributed by atoms with Crippen LogP contribution in [0.5, 0.6) is 5.75 Å². The van der Waals surface area contributed by atoms with E-state index in [9.17, 15) is 30.0 Å². The number of aliphatic hydroxyl groups is 4. The van der Waals surface area contributed by atoms with Crippen molar-refractivity contribution in [2.75, 3.05) is 12.3 Å². The number of carbonyl (C=O) groups is 2. The van der Waals surface area contributed by atoms with Crippen LogP contribution < -0.4 is 15.8 Å². The molecule has 10 heteroatoms. The summed E-state index contributed by atoms with van der Waals surface area (Å²) in [5.41, 5.74) is 9.77. The number of carbonyl (C=O) groups excluding carboxylic acids is 2. The van der Waals surface area contributed by atoms with Gasteiger partial charge in [0.2, 0.25) is 18.1 Å². The maximum atomic E-state index is 14.5. The number of aryl methyl sites for hydroxylation is 2. The fourth-order valence-corrected chi connectivity index (χ4v) is 11.2. The fourth-order valence-electron chi connectivity index (χ4n) is 11.2. The number of amides is 2. The Morgan fingerprint density at radius 3 is 1.90 bits per heavy atom. The van der Waals surface area contributed by atoms with E-state index in [4.69, 9.17) is 15.2 Å². The molecule has 0 aromatic heterocycles. The summed E-state index contributed by atoms with van der Waals surface area (Å²) in [5, 5.41) is 43.7. The van der Waals surface area contributed by atoms with Gasteiger partial charge >= 0.3 is 0 Å². The molecule has 272 valence electrons. The van der Waals surface area contributed by atoms with Crippen LogP contribution in [0.3, 0.4) is 0 Å². The van der Waals surface area contributed by atoms with Gasteiger partial charge in [-0.1, -0.05) is 52.7 Å². The molecule has 0 bridgehead atoms. The summed E-state index contributed by atoms with van der Waals surface area (Å²) < 4.78 is 11.6. The predicted molar refractivity (Wildman–Crippen MR) is 187 cm³/mol. The number of aliphatic hydroxyl groups excluding tert-OH is 4. The third-order valence-electron chi connectivity index (χ3n) is 14.1. The number of nitrogens with one attached hydrogen (secondary N) is 1. The smallest absolute Gasteiger partial charge is 0.232 e. The number of hydrogen-bond donors (Lipinski definition) is 6. The fraction of sp³-hybridized carbons (Fsp3) is 0.650. The molecule has 1 heterocycles. The number of hydrogen-bond acceptors (Lipinski definition) is 9. The summed E-state index contributed by atoms with van der Waals surface area (Å²) in [7, 11) is 0. The molecule has 4 aliphatic carbocycles. The molecule has 2 saturated carbocycles. The van der Waals surface area contributed by atoms with Crippen molar-refractivity contribution in [1.82, 2.24) is 5.32 Å². The lowest BCUT2D eigenvalue weighted by Gasteiger charge is -2.56. The van der Waals surface area contributed by atoms with Crippen LogP contribution in [0.4, 0.5) is 5.69 Å². The number of anilines is 1. The van der Waals surface area contributed by atoms with Crippen LogP contribution in [0.15, 0.2) is 36.4 Å². The summed E-state index contributed by atoms with van der Waals surface area (Å²) in [5.74, 6) is 0.140. The molecule has 7 N–H and O–H groups in total. The van der Waals surface area contributed by atoms with Crippen molar-refractivity contribution in [2.45, 2.75) is 133 Å². The Morgan fingerprint density at radius 2 is 1.34 bits per heavy atom. The zero-order chi connectivity index (χ0) is 35.8. The highest BCUT2D eigenvalue weighted by Crippen LogP contribution is 2.60. The Hall–Kier alpha value is -3.02. The lowest BCUT2D eigenvalue weighted by Crippen LogP contribution is -2.60. The van der Waals surface area contributed by atoms with Gasteiger partial charge in [-0.2, -0.15) is 0 Å². The molecule has 50 heavy (non-hydrogen) atoms. The van der Waals surface area contributed by atoms with Crippen molar-refractivity contribution in [2.24, 2.45) is 22.7 Å². The highest BCUT2D eigenvalue weighted by Gasteiger charge is 2.58. The van der Waals surface area contributed by atoms with E-state index in [1.165, 1.54) is 11.1 Å². The Kier molecular flexibility index (Phi) is 8.91. The molecule has 7 rings (SSSR count). The monoisotopic (exact) mass is 690 g/mol. The number of rotatable bonds is 5. The maximum Gasteiger partial charge on any atom is 0.232 e. The SMILES string of the molecule is C[C@]1(C(=O)NC(=O)[C@@]2(C)CCC[C@]3(C)c4cc(O[C@@H]5O[C@H](CO)[C@@H](O)[C@H](O)[C@H]5O)ccc4CC[C@@H]23)CCC[C@]2(C)c3cc(N)ccc3CC[C@@H]12. The second-order valence-corrected chi connectivity index (χ2v) is 16.9. The molecular formula is C40H54N2O8. The Morgan fingerprint density at radius 1 is 0.800 bits per heavy atom. The van der Waals surface area contributed by atoms with Crippen molar-refractivity contribution in [3.05, 3.63) is 58.7 Å². The summed E-state index contributed by atoms with van der Waals surface area (Å²) in [6, 6.07) is 11.9. The number of nitrogens with two attached hydrogens (primary N) is 1. The van der Waals surface area contributed by atoms with Crippen molar-refractivity contribution in [1.29, 1.82) is 0 Å². The number of benzene rings is 2. The lowest BCUT2D eigenvalue weighted by atomic mass is 9.49. The average Bonchev–Trinajstić information content (AvgIpc) is 3.08. The van der Waals surface area contributed by atoms with Gasteiger partial charge in [-0.25, -0.2) is 0 Å². The van der Waals surface area contributed by atoms with Gasteiger partial charge < -0.3 is 35.6 Å². The van der Waals surface area contributed by atoms with Crippen LogP contribution in [-0.2, 0) is 38.0 Å². The number of ether oxygens (including phenoxy) is 2. The van der Waals surface area contributed by atoms with Crippen LogP contribution in [-0.4, -0.2) is 69.6 Å². The first-order valence-corrected chi connectivity index (χ1v) is 18.5. The first kappa shape index (κ1) is 35.4. The molecule has 10 nitrogen and oxygen atoms in total. The third-order valence-corrected chi connectivity index (χ3v) is 14.1. The molecule has 2 amide bonds. The van der Waals surface area contributed by atoms with Gasteiger partial charge in [0.15, 0.2) is 0 Å². The zero-order valence-electron chi connectivity index (χ0n) is 29.8. The second kappa shape index (κ2) is 12.6. The minimum atomic E-state index is -1.54. The molecule has 0 unspecified atom stereocenters.